The van der Waals surface area contributed by atoms with Crippen molar-refractivity contribution < 1.29 is 15.0 Å². The molecule has 3 rings (SSSR count). The molecule has 9 nitrogen and oxygen atoms in total. The molecule has 3 aromatic rings. The number of rotatable bonds is 10. The molecular formula is C21H21ClN6O3S. The molecule has 0 radical (unpaired) electrons. The Balaban J connectivity index is 1.55. The van der Waals surface area contributed by atoms with Crippen LogP contribution in [0.4, 0.5) is 5.69 Å². The van der Waals surface area contributed by atoms with E-state index in [4.69, 9.17) is 11.6 Å². The number of hydrogen-bond acceptors (Lipinski definition) is 8. The number of carbonyl (C=O) groups excluding carboxylic acids is 1. The average molecular weight is 473 g/mol. The van der Waals surface area contributed by atoms with Crippen LogP contribution in [0.25, 0.3) is 0 Å². The van der Waals surface area contributed by atoms with Gasteiger partial charge < -0.3 is 20.1 Å². The zero-order valence-corrected chi connectivity index (χ0v) is 18.5. The predicted molar refractivity (Wildman–Crippen MR) is 125 cm³/mol. The highest BCUT2D eigenvalue weighted by Gasteiger charge is 2.13. The number of allylic oxidation sites excluding steroid dienone is 1. The monoisotopic (exact) mass is 472 g/mol. The summed E-state index contributed by atoms with van der Waals surface area (Å²) in [5.41, 5.74) is 3.65. The summed E-state index contributed by atoms with van der Waals surface area (Å²) in [6.07, 6.45) is 3.02. The van der Waals surface area contributed by atoms with Gasteiger partial charge in [-0.15, -0.1) is 16.8 Å². The Morgan fingerprint density at radius 1 is 1.22 bits per heavy atom. The molecule has 0 aliphatic carbocycles. The molecule has 0 atom stereocenters. The largest absolute Gasteiger partial charge is 0.508 e. The molecule has 0 aliphatic rings. The first-order chi connectivity index (χ1) is 15.5. The van der Waals surface area contributed by atoms with Crippen LogP contribution in [0.1, 0.15) is 11.4 Å². The number of nitrogens with one attached hydrogen (secondary N) is 2. The zero-order chi connectivity index (χ0) is 22.9. The van der Waals surface area contributed by atoms with Gasteiger partial charge in [0.1, 0.15) is 11.5 Å². The van der Waals surface area contributed by atoms with Crippen LogP contribution in [-0.4, -0.2) is 42.9 Å². The minimum absolute atomic E-state index is 0.0635. The number of benzene rings is 2. The third-order valence-corrected chi connectivity index (χ3v) is 5.36. The summed E-state index contributed by atoms with van der Waals surface area (Å²) in [6.45, 7) is 4.70. The fourth-order valence-corrected chi connectivity index (χ4v) is 3.48. The molecule has 32 heavy (non-hydrogen) atoms. The molecule has 1 heterocycles. The molecule has 0 saturated carbocycles. The number of nitrogens with zero attached hydrogens (tertiary/aromatic N) is 4. The molecular weight excluding hydrogens is 452 g/mol. The highest BCUT2D eigenvalue weighted by Crippen LogP contribution is 2.21. The summed E-state index contributed by atoms with van der Waals surface area (Å²) in [6, 6.07) is 11.4. The van der Waals surface area contributed by atoms with Gasteiger partial charge >= 0.3 is 0 Å². The number of amides is 1. The van der Waals surface area contributed by atoms with E-state index < -0.39 is 0 Å². The van der Waals surface area contributed by atoms with Crippen molar-refractivity contribution in [1.29, 1.82) is 0 Å². The van der Waals surface area contributed by atoms with Gasteiger partial charge in [-0.25, -0.2) is 5.43 Å². The second-order valence-corrected chi connectivity index (χ2v) is 7.86. The lowest BCUT2D eigenvalue weighted by atomic mass is 10.2. The number of aromatic nitrogens is 3. The van der Waals surface area contributed by atoms with E-state index in [-0.39, 0.29) is 23.2 Å². The second-order valence-electron chi connectivity index (χ2n) is 6.48. The maximum absolute atomic E-state index is 12.1. The van der Waals surface area contributed by atoms with E-state index in [0.29, 0.717) is 34.7 Å². The summed E-state index contributed by atoms with van der Waals surface area (Å²) in [4.78, 5) is 12.1. The number of halogens is 1. The lowest BCUT2D eigenvalue weighted by molar-refractivity contribution is -0.118. The van der Waals surface area contributed by atoms with E-state index in [1.807, 2.05) is 16.7 Å². The fourth-order valence-electron chi connectivity index (χ4n) is 2.60. The molecule has 0 unspecified atom stereocenters. The minimum Gasteiger partial charge on any atom is -0.508 e. The quantitative estimate of drug-likeness (QED) is 0.154. The third-order valence-electron chi connectivity index (χ3n) is 4.14. The van der Waals surface area contributed by atoms with Crippen LogP contribution < -0.4 is 10.7 Å². The molecule has 2 aromatic carbocycles. The topological polar surface area (TPSA) is 125 Å². The van der Waals surface area contributed by atoms with Crippen LogP contribution in [0.2, 0.25) is 5.02 Å². The van der Waals surface area contributed by atoms with Crippen molar-refractivity contribution in [3.63, 3.8) is 0 Å². The smallest absolute Gasteiger partial charge is 0.250 e. The summed E-state index contributed by atoms with van der Waals surface area (Å²) < 4.78 is 1.87. The van der Waals surface area contributed by atoms with Crippen molar-refractivity contribution in [2.24, 2.45) is 5.10 Å². The van der Waals surface area contributed by atoms with Gasteiger partial charge in [0, 0.05) is 28.9 Å². The molecule has 11 heteroatoms. The number of hydrazone groups is 1. The Bertz CT molecular complexity index is 1120. The van der Waals surface area contributed by atoms with E-state index in [2.05, 4.69) is 32.6 Å². The molecule has 0 saturated heterocycles. The van der Waals surface area contributed by atoms with Gasteiger partial charge in [0.2, 0.25) is 0 Å². The van der Waals surface area contributed by atoms with E-state index in [0.717, 1.165) is 5.69 Å². The first-order valence-electron chi connectivity index (χ1n) is 9.45. The molecule has 1 amide bonds. The van der Waals surface area contributed by atoms with Crippen molar-refractivity contribution in [3.05, 3.63) is 71.5 Å². The number of aromatic hydroxyl groups is 2. The van der Waals surface area contributed by atoms with E-state index in [1.54, 1.807) is 18.2 Å². The minimum atomic E-state index is -0.349. The van der Waals surface area contributed by atoms with Gasteiger partial charge in [0.05, 0.1) is 18.5 Å². The van der Waals surface area contributed by atoms with E-state index in [9.17, 15) is 15.0 Å². The fraction of sp³-hybridized carbons (Fsp3) is 0.143. The molecule has 0 spiro atoms. The summed E-state index contributed by atoms with van der Waals surface area (Å²) >= 11 is 7.12. The number of hydrogen-bond donors (Lipinski definition) is 4. The van der Waals surface area contributed by atoms with Gasteiger partial charge in [-0.05, 0) is 36.4 Å². The highest BCUT2D eigenvalue weighted by molar-refractivity contribution is 7.99. The van der Waals surface area contributed by atoms with Crippen molar-refractivity contribution in [2.75, 3.05) is 11.1 Å². The Hall–Kier alpha value is -3.50. The standard InChI is InChI=1S/C21H21ClN6O3S/c1-2-9-28-19(12-23-16-6-4-15(22)5-7-16)25-27-21(28)32-13-20(31)26-24-11-14-3-8-17(29)10-18(14)30/h2-8,10-11,23,29-30H,1,9,12-13H2,(H,26,31)/b24-11+. The van der Waals surface area contributed by atoms with Gasteiger partial charge in [-0.1, -0.05) is 29.4 Å². The lowest BCUT2D eigenvalue weighted by Gasteiger charge is -2.09. The first-order valence-corrected chi connectivity index (χ1v) is 10.8. The predicted octanol–water partition coefficient (Wildman–Crippen LogP) is 3.38. The van der Waals surface area contributed by atoms with Crippen LogP contribution in [0.15, 0.2) is 65.4 Å². The highest BCUT2D eigenvalue weighted by atomic mass is 35.5. The Labute approximate surface area is 193 Å². The van der Waals surface area contributed by atoms with Crippen LogP contribution in [0.3, 0.4) is 0 Å². The lowest BCUT2D eigenvalue weighted by Crippen LogP contribution is -2.20. The molecule has 4 N–H and O–H groups in total. The molecule has 0 bridgehead atoms. The van der Waals surface area contributed by atoms with Crippen LogP contribution in [-0.2, 0) is 17.9 Å². The number of phenolic OH excluding ortho intramolecular Hbond substituents is 2. The maximum atomic E-state index is 12.1. The van der Waals surface area contributed by atoms with Crippen molar-refractivity contribution >= 4 is 41.2 Å². The van der Waals surface area contributed by atoms with Gasteiger partial charge in [0.15, 0.2) is 11.0 Å². The molecule has 166 valence electrons. The van der Waals surface area contributed by atoms with Crippen molar-refractivity contribution in [3.8, 4) is 11.5 Å². The zero-order valence-electron chi connectivity index (χ0n) is 16.9. The Kier molecular flexibility index (Phi) is 8.12. The van der Waals surface area contributed by atoms with Gasteiger partial charge in [-0.3, -0.25) is 4.79 Å². The SMILES string of the molecule is C=CCn1c(CNc2ccc(Cl)cc2)nnc1SCC(=O)N/N=C/c1ccc(O)cc1O. The third kappa shape index (κ3) is 6.50. The van der Waals surface area contributed by atoms with Crippen molar-refractivity contribution in [1.82, 2.24) is 20.2 Å². The normalized spacial score (nSPS) is 10.9. The summed E-state index contributed by atoms with van der Waals surface area (Å²) in [5.74, 6) is 0.210. The van der Waals surface area contributed by atoms with Crippen molar-refractivity contribution in [2.45, 2.75) is 18.2 Å². The number of phenols is 2. The average Bonchev–Trinajstić information content (AvgIpc) is 3.15. The van der Waals surface area contributed by atoms with Crippen LogP contribution in [0, 0.1) is 0 Å². The van der Waals surface area contributed by atoms with E-state index >= 15 is 0 Å². The second kappa shape index (κ2) is 11.2. The van der Waals surface area contributed by atoms with Crippen LogP contribution >= 0.6 is 23.4 Å². The molecule has 0 aliphatic heterocycles. The summed E-state index contributed by atoms with van der Waals surface area (Å²) in [7, 11) is 0. The van der Waals surface area contributed by atoms with E-state index in [1.165, 1.54) is 36.2 Å². The Morgan fingerprint density at radius 3 is 2.72 bits per heavy atom. The molecule has 0 fully saturated rings. The molecule has 1 aromatic heterocycles. The number of anilines is 1. The van der Waals surface area contributed by atoms with Gasteiger partial charge in [0.25, 0.3) is 5.91 Å². The maximum Gasteiger partial charge on any atom is 0.250 e. The number of carbonyl (C=O) groups is 1. The van der Waals surface area contributed by atoms with Crippen LogP contribution in [0.5, 0.6) is 11.5 Å². The number of thioether (sulfide) groups is 1. The van der Waals surface area contributed by atoms with Gasteiger partial charge in [-0.2, -0.15) is 5.10 Å². The first kappa shape index (κ1) is 23.2. The Morgan fingerprint density at radius 2 is 2.00 bits per heavy atom. The summed E-state index contributed by atoms with van der Waals surface area (Å²) in [5, 5.41) is 35.7.